The van der Waals surface area contributed by atoms with Crippen molar-refractivity contribution in [3.63, 3.8) is 0 Å². The largest absolute Gasteiger partial charge is 0.383 e. The molecule has 19 heavy (non-hydrogen) atoms. The van der Waals surface area contributed by atoms with Crippen LogP contribution in [0, 0.1) is 0 Å². The molecule has 98 valence electrons. The van der Waals surface area contributed by atoms with Crippen molar-refractivity contribution in [2.75, 3.05) is 12.8 Å². The minimum atomic E-state index is 0.359. The molecule has 0 bridgehead atoms. The summed E-state index contributed by atoms with van der Waals surface area (Å²) >= 11 is 6.19. The topological polar surface area (TPSA) is 81.8 Å². The second kappa shape index (κ2) is 4.56. The normalized spacial score (nSPS) is 11.3. The minimum Gasteiger partial charge on any atom is -0.383 e. The van der Waals surface area contributed by atoms with Crippen molar-refractivity contribution in [2.45, 2.75) is 6.61 Å². The fourth-order valence-electron chi connectivity index (χ4n) is 2.03. The van der Waals surface area contributed by atoms with E-state index in [9.17, 15) is 0 Å². The number of nitrogens with two attached hydrogens (primary N) is 1. The Kier molecular flexibility index (Phi) is 2.88. The first-order chi connectivity index (χ1) is 9.22. The van der Waals surface area contributed by atoms with E-state index in [0.717, 1.165) is 16.8 Å². The van der Waals surface area contributed by atoms with Gasteiger partial charge in [-0.1, -0.05) is 23.7 Å². The van der Waals surface area contributed by atoms with E-state index in [2.05, 4.69) is 15.3 Å². The molecular formula is C12H12ClN5O. The smallest absolute Gasteiger partial charge is 0.186 e. The molecule has 0 saturated carbocycles. The summed E-state index contributed by atoms with van der Waals surface area (Å²) in [5.74, 6) is 0.473. The molecule has 3 rings (SSSR count). The molecule has 2 aromatic heterocycles. The summed E-state index contributed by atoms with van der Waals surface area (Å²) in [5.41, 5.74) is 7.99. The number of para-hydroxylation sites is 1. The summed E-state index contributed by atoms with van der Waals surface area (Å²) in [6.45, 7) is 0.359. The highest BCUT2D eigenvalue weighted by Gasteiger charge is 2.18. The lowest BCUT2D eigenvalue weighted by Gasteiger charge is -2.03. The van der Waals surface area contributed by atoms with Crippen molar-refractivity contribution in [2.24, 2.45) is 0 Å². The molecule has 0 radical (unpaired) electrons. The van der Waals surface area contributed by atoms with E-state index < -0.39 is 0 Å². The molecule has 0 atom stereocenters. The van der Waals surface area contributed by atoms with Gasteiger partial charge >= 0.3 is 0 Å². The number of methoxy groups -OCH3 is 1. The lowest BCUT2D eigenvalue weighted by Crippen LogP contribution is -2.00. The number of aromatic amines is 1. The summed E-state index contributed by atoms with van der Waals surface area (Å²) in [5, 5.41) is 12.8. The van der Waals surface area contributed by atoms with E-state index >= 15 is 0 Å². The monoisotopic (exact) mass is 277 g/mol. The second-order valence-electron chi connectivity index (χ2n) is 4.08. The van der Waals surface area contributed by atoms with Crippen LogP contribution in [0.2, 0.25) is 5.02 Å². The van der Waals surface area contributed by atoms with Gasteiger partial charge in [-0.05, 0) is 12.1 Å². The predicted octanol–water partition coefficient (Wildman–Crippen LogP) is 2.13. The van der Waals surface area contributed by atoms with Gasteiger partial charge in [0.1, 0.15) is 11.5 Å². The number of benzene rings is 1. The Morgan fingerprint density at radius 2 is 2.21 bits per heavy atom. The summed E-state index contributed by atoms with van der Waals surface area (Å²) in [7, 11) is 1.61. The maximum absolute atomic E-state index is 6.19. The standard InChI is InChI=1S/C12H12ClN5O/c1-19-6-8-10-11(14)15-16-12(10)18(17-8)9-5-3-2-4-7(9)13/h2-5H,6H2,1H3,(H3,14,15,16). The molecule has 0 saturated heterocycles. The van der Waals surface area contributed by atoms with Crippen molar-refractivity contribution >= 4 is 28.5 Å². The number of rotatable bonds is 3. The van der Waals surface area contributed by atoms with E-state index in [0.29, 0.717) is 23.1 Å². The fraction of sp³-hybridized carbons (Fsp3) is 0.167. The Morgan fingerprint density at radius 1 is 1.42 bits per heavy atom. The number of nitrogens with zero attached hydrogens (tertiary/aromatic N) is 3. The van der Waals surface area contributed by atoms with Crippen LogP contribution in [-0.2, 0) is 11.3 Å². The van der Waals surface area contributed by atoms with Crippen LogP contribution in [0.1, 0.15) is 5.69 Å². The number of anilines is 1. The molecule has 0 aliphatic rings. The zero-order valence-electron chi connectivity index (χ0n) is 10.2. The Labute approximate surface area is 114 Å². The molecule has 3 N–H and O–H groups in total. The van der Waals surface area contributed by atoms with Crippen LogP contribution in [0.15, 0.2) is 24.3 Å². The Bertz CT molecular complexity index is 733. The van der Waals surface area contributed by atoms with Gasteiger partial charge in [-0.15, -0.1) is 0 Å². The molecule has 3 aromatic rings. The summed E-state index contributed by atoms with van der Waals surface area (Å²) in [6, 6.07) is 7.43. The molecule has 0 spiro atoms. The summed E-state index contributed by atoms with van der Waals surface area (Å²) in [4.78, 5) is 0. The van der Waals surface area contributed by atoms with Crippen molar-refractivity contribution in [1.29, 1.82) is 0 Å². The number of halogens is 1. The first-order valence-corrected chi connectivity index (χ1v) is 6.05. The number of aromatic nitrogens is 4. The van der Waals surface area contributed by atoms with E-state index in [4.69, 9.17) is 22.1 Å². The average Bonchev–Trinajstić information content (AvgIpc) is 2.93. The number of nitrogen functional groups attached to an aromatic ring is 1. The molecule has 0 unspecified atom stereocenters. The Morgan fingerprint density at radius 3 is 2.95 bits per heavy atom. The number of fused-ring (bicyclic) bond motifs is 1. The van der Waals surface area contributed by atoms with Gasteiger partial charge in [0.25, 0.3) is 0 Å². The lowest BCUT2D eigenvalue weighted by molar-refractivity contribution is 0.182. The Balaban J connectivity index is 2.28. The van der Waals surface area contributed by atoms with E-state index in [-0.39, 0.29) is 0 Å². The van der Waals surface area contributed by atoms with Crippen molar-refractivity contribution in [3.8, 4) is 5.69 Å². The van der Waals surface area contributed by atoms with E-state index in [1.807, 2.05) is 18.2 Å². The van der Waals surface area contributed by atoms with E-state index in [1.54, 1.807) is 17.9 Å². The summed E-state index contributed by atoms with van der Waals surface area (Å²) in [6.07, 6.45) is 0. The van der Waals surface area contributed by atoms with Crippen LogP contribution in [0.3, 0.4) is 0 Å². The highest BCUT2D eigenvalue weighted by Crippen LogP contribution is 2.28. The molecule has 0 fully saturated rings. The van der Waals surface area contributed by atoms with Crippen molar-refractivity contribution in [3.05, 3.63) is 35.0 Å². The molecule has 2 heterocycles. The van der Waals surface area contributed by atoms with Gasteiger partial charge < -0.3 is 10.5 Å². The minimum absolute atomic E-state index is 0.359. The fourth-order valence-corrected chi connectivity index (χ4v) is 2.25. The van der Waals surface area contributed by atoms with Gasteiger partial charge in [0.05, 0.1) is 22.7 Å². The molecule has 0 aliphatic heterocycles. The van der Waals surface area contributed by atoms with Crippen LogP contribution in [-0.4, -0.2) is 27.1 Å². The molecule has 0 amide bonds. The van der Waals surface area contributed by atoms with Crippen molar-refractivity contribution in [1.82, 2.24) is 20.0 Å². The number of H-pyrrole nitrogens is 1. The first kappa shape index (κ1) is 12.0. The third-order valence-corrected chi connectivity index (χ3v) is 3.17. The van der Waals surface area contributed by atoms with Crippen LogP contribution in [0.4, 0.5) is 5.82 Å². The first-order valence-electron chi connectivity index (χ1n) is 5.67. The molecule has 0 aliphatic carbocycles. The van der Waals surface area contributed by atoms with Gasteiger partial charge in [0, 0.05) is 7.11 Å². The Hall–Kier alpha value is -2.05. The quantitative estimate of drug-likeness (QED) is 0.768. The number of nitrogens with one attached hydrogen (secondary N) is 1. The second-order valence-corrected chi connectivity index (χ2v) is 4.49. The van der Waals surface area contributed by atoms with Gasteiger partial charge in [-0.2, -0.15) is 10.2 Å². The molecular weight excluding hydrogens is 266 g/mol. The maximum atomic E-state index is 6.19. The SMILES string of the molecule is COCc1nn(-c2ccccc2Cl)c2n[nH]c(N)c12. The highest BCUT2D eigenvalue weighted by molar-refractivity contribution is 6.32. The average molecular weight is 278 g/mol. The van der Waals surface area contributed by atoms with Gasteiger partial charge in [0.15, 0.2) is 5.65 Å². The highest BCUT2D eigenvalue weighted by atomic mass is 35.5. The van der Waals surface area contributed by atoms with Gasteiger partial charge in [0.2, 0.25) is 0 Å². The predicted molar refractivity (Wildman–Crippen MR) is 73.4 cm³/mol. The number of hydrogen-bond donors (Lipinski definition) is 2. The molecule has 6 nitrogen and oxygen atoms in total. The maximum Gasteiger partial charge on any atom is 0.186 e. The van der Waals surface area contributed by atoms with E-state index in [1.165, 1.54) is 0 Å². The van der Waals surface area contributed by atoms with Gasteiger partial charge in [-0.25, -0.2) is 4.68 Å². The van der Waals surface area contributed by atoms with Crippen LogP contribution in [0.25, 0.3) is 16.7 Å². The van der Waals surface area contributed by atoms with Crippen molar-refractivity contribution < 1.29 is 4.74 Å². The number of ether oxygens (including phenoxy) is 1. The number of hydrogen-bond acceptors (Lipinski definition) is 4. The zero-order chi connectivity index (χ0) is 13.4. The van der Waals surface area contributed by atoms with Crippen LogP contribution >= 0.6 is 11.6 Å². The third-order valence-electron chi connectivity index (χ3n) is 2.85. The van der Waals surface area contributed by atoms with Gasteiger partial charge in [-0.3, -0.25) is 5.10 Å². The third kappa shape index (κ3) is 1.85. The molecule has 7 heteroatoms. The van der Waals surface area contributed by atoms with Crippen LogP contribution in [0.5, 0.6) is 0 Å². The molecule has 1 aromatic carbocycles. The van der Waals surface area contributed by atoms with Crippen LogP contribution < -0.4 is 5.73 Å². The summed E-state index contributed by atoms with van der Waals surface area (Å²) < 4.78 is 6.80. The lowest BCUT2D eigenvalue weighted by atomic mass is 10.3. The zero-order valence-corrected chi connectivity index (χ0v) is 11.0.